The van der Waals surface area contributed by atoms with Crippen LogP contribution >= 0.6 is 0 Å². The number of benzene rings is 8. The van der Waals surface area contributed by atoms with Crippen LogP contribution in [0.4, 0.5) is 27.6 Å². The highest BCUT2D eigenvalue weighted by Gasteiger charge is 2.52. The van der Waals surface area contributed by atoms with Crippen LogP contribution in [0.25, 0.3) is 21.8 Å². The van der Waals surface area contributed by atoms with Crippen molar-refractivity contribution in [3.05, 3.63) is 274 Å². The molecule has 0 atom stereocenters. The van der Waals surface area contributed by atoms with Crippen LogP contribution in [0.3, 0.4) is 0 Å². The number of imide groups is 2. The molecule has 0 aliphatic carbocycles. The minimum atomic E-state index is -6.30. The summed E-state index contributed by atoms with van der Waals surface area (Å²) in [6.45, 7) is 1.71. The molecule has 4 amide bonds. The van der Waals surface area contributed by atoms with Gasteiger partial charge in [-0.1, -0.05) is 146 Å². The second kappa shape index (κ2) is 24.2. The number of carbonyl (C=O) groups excluding carboxylic acids is 4. The first kappa shape index (κ1) is 58.0. The zero-order valence-corrected chi connectivity index (χ0v) is 47.0. The van der Waals surface area contributed by atoms with E-state index in [0.29, 0.717) is 70.2 Å². The highest BCUT2D eigenvalue weighted by molar-refractivity contribution is 7.88. The number of rotatable bonds is 15. The lowest BCUT2D eigenvalue weighted by Crippen LogP contribution is -2.37. The standard InChI is InChI=1S/C35H28FN3O4.C32H20F4N2O6S/c36-26-15-13-23(14-16-26)22-39-34(40)28-29(35(39)41)33(30-27(12-7-17-37-30)31(28)38-18-20-42-21-19-38)43-32(24-8-3-1-4-9-24)25-10-5-2-6-11-25;33-22-15-13-19(14-16-22)18-38-30(39)24-25(31(38)40)29(43-27(20-8-3-1-4-9-20)21-10-5-2-6-11-21)26-23(12-7-17-37-26)28(24)44-45(41,42)32(34,35)36/h1-17,32H,18-22H2;1-17,27H,18H2. The van der Waals surface area contributed by atoms with Crippen molar-refractivity contribution in [1.29, 1.82) is 0 Å². The number of anilines is 1. The van der Waals surface area contributed by atoms with Gasteiger partial charge >= 0.3 is 15.6 Å². The van der Waals surface area contributed by atoms with Crippen molar-refractivity contribution in [2.24, 2.45) is 0 Å². The largest absolute Gasteiger partial charge is 0.534 e. The first-order valence-corrected chi connectivity index (χ1v) is 28.9. The van der Waals surface area contributed by atoms with E-state index in [0.717, 1.165) is 28.6 Å². The highest BCUT2D eigenvalue weighted by atomic mass is 32.2. The fourth-order valence-electron chi connectivity index (χ4n) is 10.9. The van der Waals surface area contributed by atoms with Crippen molar-refractivity contribution in [1.82, 2.24) is 19.8 Å². The summed E-state index contributed by atoms with van der Waals surface area (Å²) in [5, 5.41) is 0.409. The molecule has 8 aromatic carbocycles. The molecule has 2 aromatic heterocycles. The average Bonchev–Trinajstić information content (AvgIpc) is 1.75. The van der Waals surface area contributed by atoms with Gasteiger partial charge < -0.3 is 23.3 Å². The molecule has 0 spiro atoms. The van der Waals surface area contributed by atoms with Crippen LogP contribution in [0.15, 0.2) is 207 Å². The number of pyridine rings is 2. The summed E-state index contributed by atoms with van der Waals surface area (Å²) in [4.78, 5) is 69.4. The van der Waals surface area contributed by atoms with Crippen molar-refractivity contribution in [3.8, 4) is 17.2 Å². The molecule has 0 saturated carbocycles. The van der Waals surface area contributed by atoms with Crippen molar-refractivity contribution in [2.75, 3.05) is 31.2 Å². The van der Waals surface area contributed by atoms with Crippen LogP contribution in [-0.2, 0) is 27.9 Å². The van der Waals surface area contributed by atoms with Gasteiger partial charge in [0.2, 0.25) is 0 Å². The van der Waals surface area contributed by atoms with E-state index in [1.807, 2.05) is 72.8 Å². The summed E-state index contributed by atoms with van der Waals surface area (Å²) in [5.74, 6) is -5.02. The molecule has 0 bridgehead atoms. The number of hydrogen-bond donors (Lipinski definition) is 0. The zero-order chi connectivity index (χ0) is 61.3. The minimum Gasteiger partial charge on any atom is -0.478 e. The molecule has 1 fully saturated rings. The van der Waals surface area contributed by atoms with Crippen LogP contribution in [0.1, 0.15) is 87.0 Å². The molecule has 0 N–H and O–H groups in total. The lowest BCUT2D eigenvalue weighted by Gasteiger charge is -2.32. The Morgan fingerprint density at radius 3 is 1.24 bits per heavy atom. The molecule has 442 valence electrons. The molecule has 5 heterocycles. The molecule has 1 saturated heterocycles. The van der Waals surface area contributed by atoms with E-state index in [1.165, 1.54) is 47.5 Å². The Labute approximate surface area is 499 Å². The van der Waals surface area contributed by atoms with Gasteiger partial charge in [0.05, 0.1) is 43.1 Å². The van der Waals surface area contributed by atoms with Crippen molar-refractivity contribution >= 4 is 61.2 Å². The summed E-state index contributed by atoms with van der Waals surface area (Å²) in [6, 6.07) is 54.1. The van der Waals surface area contributed by atoms with E-state index >= 15 is 0 Å². The number of carbonyl (C=O) groups is 4. The molecule has 3 aliphatic rings. The second-order valence-electron chi connectivity index (χ2n) is 20.5. The maximum Gasteiger partial charge on any atom is 0.534 e. The second-order valence-corrected chi connectivity index (χ2v) is 22.0. The summed E-state index contributed by atoms with van der Waals surface area (Å²) >= 11 is 0. The molecule has 15 nitrogen and oxygen atoms in total. The molecule has 21 heteroatoms. The predicted octanol–water partition coefficient (Wildman–Crippen LogP) is 12.7. The van der Waals surface area contributed by atoms with Crippen LogP contribution in [0.2, 0.25) is 0 Å². The van der Waals surface area contributed by atoms with Crippen LogP contribution in [0.5, 0.6) is 17.2 Å². The number of fused-ring (bicyclic) bond motifs is 4. The highest BCUT2D eigenvalue weighted by Crippen LogP contribution is 2.49. The topological polar surface area (TPSA) is 175 Å². The van der Waals surface area contributed by atoms with E-state index in [9.17, 15) is 49.5 Å². The Balaban J connectivity index is 0.000000171. The van der Waals surface area contributed by atoms with Gasteiger partial charge in [-0.2, -0.15) is 21.6 Å². The Bertz CT molecular complexity index is 4340. The van der Waals surface area contributed by atoms with E-state index in [2.05, 4.69) is 14.1 Å². The summed E-state index contributed by atoms with van der Waals surface area (Å²) < 4.78 is 116. The summed E-state index contributed by atoms with van der Waals surface area (Å²) in [6.07, 6.45) is 1.46. The predicted molar refractivity (Wildman–Crippen MR) is 314 cm³/mol. The normalized spacial score (nSPS) is 14.1. The summed E-state index contributed by atoms with van der Waals surface area (Å²) in [5.41, 5.74) is -1.71. The summed E-state index contributed by atoms with van der Waals surface area (Å²) in [7, 11) is -6.30. The van der Waals surface area contributed by atoms with Crippen LogP contribution < -0.4 is 18.6 Å². The quantitative estimate of drug-likeness (QED) is 0.0411. The lowest BCUT2D eigenvalue weighted by molar-refractivity contribution is -0.0500. The van der Waals surface area contributed by atoms with E-state index in [1.54, 1.807) is 79.0 Å². The lowest BCUT2D eigenvalue weighted by atomic mass is 9.98. The van der Waals surface area contributed by atoms with Crippen molar-refractivity contribution < 1.29 is 67.9 Å². The first-order chi connectivity index (χ1) is 42.6. The maximum atomic E-state index is 14.3. The smallest absolute Gasteiger partial charge is 0.478 e. The molecule has 88 heavy (non-hydrogen) atoms. The molecule has 3 aliphatic heterocycles. The van der Waals surface area contributed by atoms with Gasteiger partial charge in [0.15, 0.2) is 17.2 Å². The molecule has 13 rings (SSSR count). The third-order valence-corrected chi connectivity index (χ3v) is 15.9. The Morgan fingerprint density at radius 2 is 0.830 bits per heavy atom. The van der Waals surface area contributed by atoms with Crippen LogP contribution in [-0.4, -0.2) is 83.6 Å². The van der Waals surface area contributed by atoms with Gasteiger partial charge in [-0.3, -0.25) is 38.9 Å². The molecule has 0 unspecified atom stereocenters. The van der Waals surface area contributed by atoms with Gasteiger partial charge in [0.25, 0.3) is 23.6 Å². The first-order valence-electron chi connectivity index (χ1n) is 27.5. The van der Waals surface area contributed by atoms with Crippen molar-refractivity contribution in [2.45, 2.75) is 30.8 Å². The SMILES string of the molecule is O=C1c2c(c(OC(c3ccccc3)c3ccccc3)c3ncccc3c2N2CCOCC2)C(=O)N1Cc1ccc(F)cc1.O=C1c2c(c(OC(c3ccccc3)c3ccccc3)c3ncccc3c2OS(=O)(=O)C(F)(F)F)C(=O)N1Cc1ccc(F)cc1. The number of morpholine rings is 1. The number of halogens is 5. The number of alkyl halides is 3. The Morgan fingerprint density at radius 1 is 0.466 bits per heavy atom. The van der Waals surface area contributed by atoms with Gasteiger partial charge in [0, 0.05) is 36.3 Å². The molecule has 0 radical (unpaired) electrons. The average molecular weight is 1210 g/mol. The van der Waals surface area contributed by atoms with Gasteiger partial charge in [-0.25, -0.2) is 8.78 Å². The number of amides is 4. The number of ether oxygens (including phenoxy) is 3. The molecular formula is C67H48F5N5O10S. The van der Waals surface area contributed by atoms with Gasteiger partial charge in [0.1, 0.15) is 46.0 Å². The van der Waals surface area contributed by atoms with Gasteiger partial charge in [-0.15, -0.1) is 0 Å². The fraction of sp³-hybridized carbons (Fsp3) is 0.134. The molecule has 10 aromatic rings. The monoisotopic (exact) mass is 1210 g/mol. The van der Waals surface area contributed by atoms with E-state index in [4.69, 9.17) is 19.2 Å². The van der Waals surface area contributed by atoms with Crippen molar-refractivity contribution in [3.63, 3.8) is 0 Å². The van der Waals surface area contributed by atoms with E-state index in [-0.39, 0.29) is 40.3 Å². The maximum absolute atomic E-state index is 14.3. The Hall–Kier alpha value is -10.4. The third-order valence-electron chi connectivity index (χ3n) is 15.0. The van der Waals surface area contributed by atoms with Gasteiger partial charge in [-0.05, 0) is 81.9 Å². The van der Waals surface area contributed by atoms with Crippen LogP contribution in [0, 0.1) is 11.6 Å². The van der Waals surface area contributed by atoms with E-state index < -0.39 is 80.7 Å². The number of hydrogen-bond acceptors (Lipinski definition) is 13. The number of aromatic nitrogens is 2. The molecular weight excluding hydrogens is 1160 g/mol. The third kappa shape index (κ3) is 11.2. The minimum absolute atomic E-state index is 0.000803. The Kier molecular flexibility index (Phi) is 15.9. The number of nitrogens with zero attached hydrogens (tertiary/aromatic N) is 5. The zero-order valence-electron chi connectivity index (χ0n) is 46.1. The fourth-order valence-corrected chi connectivity index (χ4v) is 11.4.